The quantitative estimate of drug-likeness (QED) is 0.509. The van der Waals surface area contributed by atoms with Gasteiger partial charge in [0.25, 0.3) is 11.8 Å². The minimum atomic E-state index is -0.495. The van der Waals surface area contributed by atoms with Crippen LogP contribution in [0.4, 0.5) is 0 Å². The molecule has 0 aliphatic rings. The first-order valence-corrected chi connectivity index (χ1v) is 9.23. The van der Waals surface area contributed by atoms with Gasteiger partial charge in [0.15, 0.2) is 23.0 Å². The summed E-state index contributed by atoms with van der Waals surface area (Å²) in [5.41, 5.74) is 5.74. The lowest BCUT2D eigenvalue weighted by atomic mass is 10.2. The van der Waals surface area contributed by atoms with Crippen LogP contribution in [0, 0.1) is 0 Å². The van der Waals surface area contributed by atoms with Crippen LogP contribution >= 0.6 is 0 Å². The second-order valence-electron chi connectivity index (χ2n) is 6.42. The van der Waals surface area contributed by atoms with Gasteiger partial charge in [-0.3, -0.25) is 20.4 Å². The Hall–Kier alpha value is -3.68. The number of carbonyl (C=O) groups is 2. The van der Waals surface area contributed by atoms with E-state index in [1.165, 1.54) is 20.3 Å². The summed E-state index contributed by atoms with van der Waals surface area (Å²) in [6, 6.07) is 10.0. The molecule has 0 saturated heterocycles. The maximum atomic E-state index is 12.3. The van der Waals surface area contributed by atoms with Gasteiger partial charge in [-0.05, 0) is 55.8 Å². The summed E-state index contributed by atoms with van der Waals surface area (Å²) in [4.78, 5) is 24.3. The number of ether oxygens (including phenoxy) is 4. The van der Waals surface area contributed by atoms with Gasteiger partial charge in [0, 0.05) is 11.6 Å². The first-order valence-electron chi connectivity index (χ1n) is 9.23. The van der Waals surface area contributed by atoms with Crippen molar-refractivity contribution in [1.29, 1.82) is 0 Å². The highest BCUT2D eigenvalue weighted by atomic mass is 16.5. The Labute approximate surface area is 175 Å². The van der Waals surface area contributed by atoms with Crippen molar-refractivity contribution in [2.45, 2.75) is 20.0 Å². The van der Waals surface area contributed by atoms with Crippen molar-refractivity contribution in [3.05, 3.63) is 53.6 Å². The average molecular weight is 414 g/mol. The van der Waals surface area contributed by atoms with Gasteiger partial charge >= 0.3 is 0 Å². The number of carbonyl (C=O) groups excluding carboxylic acids is 2. The molecule has 0 aliphatic carbocycles. The van der Waals surface area contributed by atoms with Crippen LogP contribution in [0.25, 0.3) is 6.08 Å². The molecule has 0 atom stereocenters. The van der Waals surface area contributed by atoms with Crippen LogP contribution in [-0.4, -0.2) is 39.2 Å². The van der Waals surface area contributed by atoms with Gasteiger partial charge in [0.2, 0.25) is 0 Å². The zero-order chi connectivity index (χ0) is 22.1. The van der Waals surface area contributed by atoms with Gasteiger partial charge in [-0.15, -0.1) is 0 Å². The van der Waals surface area contributed by atoms with Crippen molar-refractivity contribution in [2.24, 2.45) is 0 Å². The lowest BCUT2D eigenvalue weighted by Gasteiger charge is -2.14. The minimum Gasteiger partial charge on any atom is -0.493 e. The highest BCUT2D eigenvalue weighted by Crippen LogP contribution is 2.29. The highest BCUT2D eigenvalue weighted by molar-refractivity contribution is 5.98. The number of rotatable bonds is 8. The fourth-order valence-corrected chi connectivity index (χ4v) is 2.52. The van der Waals surface area contributed by atoms with E-state index in [1.54, 1.807) is 49.6 Å². The fourth-order valence-electron chi connectivity index (χ4n) is 2.52. The van der Waals surface area contributed by atoms with E-state index in [0.29, 0.717) is 28.6 Å². The first-order chi connectivity index (χ1) is 14.4. The van der Waals surface area contributed by atoms with Gasteiger partial charge < -0.3 is 18.9 Å². The number of amides is 2. The molecule has 2 aromatic rings. The number of methoxy groups -OCH3 is 3. The van der Waals surface area contributed by atoms with Crippen LogP contribution < -0.4 is 29.8 Å². The lowest BCUT2D eigenvalue weighted by Crippen LogP contribution is -2.40. The zero-order valence-electron chi connectivity index (χ0n) is 17.6. The molecule has 0 heterocycles. The predicted octanol–water partition coefficient (Wildman–Crippen LogP) is 2.97. The van der Waals surface area contributed by atoms with E-state index < -0.39 is 11.8 Å². The maximum absolute atomic E-state index is 12.3. The molecule has 0 fully saturated rings. The normalized spacial score (nSPS) is 10.6. The molecule has 2 aromatic carbocycles. The molecule has 0 bridgehead atoms. The molecule has 30 heavy (non-hydrogen) atoms. The molecular formula is C22H26N2O6. The number of hydrogen-bond acceptors (Lipinski definition) is 6. The Balaban J connectivity index is 1.97. The molecule has 0 spiro atoms. The molecule has 2 amide bonds. The summed E-state index contributed by atoms with van der Waals surface area (Å²) in [5, 5.41) is 0. The predicted molar refractivity (Wildman–Crippen MR) is 113 cm³/mol. The molecule has 8 nitrogen and oxygen atoms in total. The van der Waals surface area contributed by atoms with Crippen LogP contribution in [0.15, 0.2) is 42.5 Å². The maximum Gasteiger partial charge on any atom is 0.269 e. The molecule has 2 rings (SSSR count). The van der Waals surface area contributed by atoms with Crippen molar-refractivity contribution in [1.82, 2.24) is 10.9 Å². The molecular weight excluding hydrogens is 388 g/mol. The standard InChI is InChI=1S/C22H26N2O6/c1-14(2)30-18-10-8-16(13-20(18)29-5)22(26)24-23-21(25)11-7-15-6-9-17(27-3)19(12-15)28-4/h6-14H,1-5H3,(H,23,25)(H,24,26)/b11-7+. The van der Waals surface area contributed by atoms with Gasteiger partial charge in [-0.1, -0.05) is 6.07 Å². The monoisotopic (exact) mass is 414 g/mol. The van der Waals surface area contributed by atoms with Crippen LogP contribution in [0.3, 0.4) is 0 Å². The molecule has 0 saturated carbocycles. The topological polar surface area (TPSA) is 95.1 Å². The van der Waals surface area contributed by atoms with Crippen molar-refractivity contribution < 1.29 is 28.5 Å². The zero-order valence-corrected chi connectivity index (χ0v) is 17.6. The number of benzene rings is 2. The molecule has 0 radical (unpaired) electrons. The summed E-state index contributed by atoms with van der Waals surface area (Å²) in [5.74, 6) is 1.11. The summed E-state index contributed by atoms with van der Waals surface area (Å²) < 4.78 is 21.3. The summed E-state index contributed by atoms with van der Waals surface area (Å²) in [6.07, 6.45) is 2.85. The third-order valence-electron chi connectivity index (χ3n) is 3.92. The van der Waals surface area contributed by atoms with Gasteiger partial charge in [0.05, 0.1) is 27.4 Å². The third kappa shape index (κ3) is 6.16. The Morgan fingerprint density at radius 1 is 0.833 bits per heavy atom. The second-order valence-corrected chi connectivity index (χ2v) is 6.42. The van der Waals surface area contributed by atoms with Crippen molar-refractivity contribution >= 4 is 17.9 Å². The Morgan fingerprint density at radius 2 is 1.47 bits per heavy atom. The Kier molecular flexibility index (Phi) is 8.10. The molecule has 0 aromatic heterocycles. The summed E-state index contributed by atoms with van der Waals surface area (Å²) in [7, 11) is 4.57. The Morgan fingerprint density at radius 3 is 2.10 bits per heavy atom. The SMILES string of the molecule is COc1ccc(/C=C/C(=O)NNC(=O)c2ccc(OC(C)C)c(OC)c2)cc1OC. The van der Waals surface area contributed by atoms with E-state index in [1.807, 2.05) is 13.8 Å². The van der Waals surface area contributed by atoms with E-state index >= 15 is 0 Å². The van der Waals surface area contributed by atoms with Crippen LogP contribution in [-0.2, 0) is 4.79 Å². The number of hydrogen-bond donors (Lipinski definition) is 2. The molecule has 2 N–H and O–H groups in total. The smallest absolute Gasteiger partial charge is 0.269 e. The summed E-state index contributed by atoms with van der Waals surface area (Å²) in [6.45, 7) is 3.79. The first kappa shape index (κ1) is 22.6. The molecule has 8 heteroatoms. The summed E-state index contributed by atoms with van der Waals surface area (Å²) >= 11 is 0. The number of hydrazine groups is 1. The lowest BCUT2D eigenvalue weighted by molar-refractivity contribution is -0.117. The average Bonchev–Trinajstić information content (AvgIpc) is 2.75. The van der Waals surface area contributed by atoms with E-state index in [9.17, 15) is 9.59 Å². The molecule has 0 unspecified atom stereocenters. The highest BCUT2D eigenvalue weighted by Gasteiger charge is 2.12. The number of nitrogens with one attached hydrogen (secondary N) is 2. The van der Waals surface area contributed by atoms with Crippen LogP contribution in [0.2, 0.25) is 0 Å². The van der Waals surface area contributed by atoms with E-state index in [2.05, 4.69) is 10.9 Å². The van der Waals surface area contributed by atoms with Gasteiger partial charge in [0.1, 0.15) is 0 Å². The molecule has 160 valence electrons. The van der Waals surface area contributed by atoms with E-state index in [-0.39, 0.29) is 6.10 Å². The van der Waals surface area contributed by atoms with Crippen molar-refractivity contribution in [2.75, 3.05) is 21.3 Å². The van der Waals surface area contributed by atoms with Gasteiger partial charge in [-0.25, -0.2) is 0 Å². The van der Waals surface area contributed by atoms with E-state index in [4.69, 9.17) is 18.9 Å². The fraction of sp³-hybridized carbons (Fsp3) is 0.273. The minimum absolute atomic E-state index is 0.0321. The van der Waals surface area contributed by atoms with Gasteiger partial charge in [-0.2, -0.15) is 0 Å². The van der Waals surface area contributed by atoms with Crippen molar-refractivity contribution in [3.63, 3.8) is 0 Å². The molecule has 0 aliphatic heterocycles. The Bertz CT molecular complexity index is 924. The van der Waals surface area contributed by atoms with Crippen LogP contribution in [0.1, 0.15) is 29.8 Å². The van der Waals surface area contributed by atoms with Crippen molar-refractivity contribution in [3.8, 4) is 23.0 Å². The third-order valence-corrected chi connectivity index (χ3v) is 3.92. The van der Waals surface area contributed by atoms with E-state index in [0.717, 1.165) is 5.56 Å². The van der Waals surface area contributed by atoms with Crippen LogP contribution in [0.5, 0.6) is 23.0 Å². The largest absolute Gasteiger partial charge is 0.493 e. The second kappa shape index (κ2) is 10.8.